The van der Waals surface area contributed by atoms with E-state index in [0.717, 1.165) is 56.0 Å². The van der Waals surface area contributed by atoms with E-state index in [0.29, 0.717) is 6.54 Å². The number of rotatable bonds is 9. The number of hydrogen-bond acceptors (Lipinski definition) is 5. The van der Waals surface area contributed by atoms with Gasteiger partial charge in [0.15, 0.2) is 11.1 Å². The lowest BCUT2D eigenvalue weighted by atomic mass is 10.1. The van der Waals surface area contributed by atoms with Crippen LogP contribution in [0.3, 0.4) is 0 Å². The maximum atomic E-state index is 6.08. The predicted molar refractivity (Wildman–Crippen MR) is 140 cm³/mol. The van der Waals surface area contributed by atoms with Crippen LogP contribution < -0.4 is 20.3 Å². The van der Waals surface area contributed by atoms with Crippen molar-refractivity contribution < 1.29 is 4.74 Å². The fourth-order valence-electron chi connectivity index (χ4n) is 3.61. The Morgan fingerprint density at radius 1 is 1.26 bits per heavy atom. The van der Waals surface area contributed by atoms with E-state index in [-0.39, 0.29) is 24.0 Å². The van der Waals surface area contributed by atoms with Gasteiger partial charge in [0.2, 0.25) is 0 Å². The summed E-state index contributed by atoms with van der Waals surface area (Å²) >= 11 is 1.76. The van der Waals surface area contributed by atoms with Gasteiger partial charge in [-0.3, -0.25) is 4.99 Å². The maximum Gasteiger partial charge on any atom is 0.191 e. The molecule has 1 aromatic heterocycles. The zero-order chi connectivity index (χ0) is 20.8. The van der Waals surface area contributed by atoms with Crippen LogP contribution in [0.25, 0.3) is 0 Å². The predicted octanol–water partition coefficient (Wildman–Crippen LogP) is 4.37. The molecule has 8 heteroatoms. The third-order valence-electron chi connectivity index (χ3n) is 5.65. The van der Waals surface area contributed by atoms with E-state index in [4.69, 9.17) is 9.72 Å². The molecule has 2 aromatic rings. The van der Waals surface area contributed by atoms with Crippen LogP contribution in [0.1, 0.15) is 42.5 Å². The van der Waals surface area contributed by atoms with Crippen LogP contribution in [-0.4, -0.2) is 44.2 Å². The lowest BCUT2D eigenvalue weighted by molar-refractivity contribution is 0.296. The number of anilines is 1. The number of thiazole rings is 1. The molecule has 2 fully saturated rings. The minimum Gasteiger partial charge on any atom is -0.493 e. The molecule has 2 heterocycles. The molecule has 1 aliphatic heterocycles. The van der Waals surface area contributed by atoms with Gasteiger partial charge in [0.05, 0.1) is 12.3 Å². The second-order valence-electron chi connectivity index (χ2n) is 8.28. The Morgan fingerprint density at radius 3 is 2.81 bits per heavy atom. The molecule has 0 unspecified atom stereocenters. The summed E-state index contributed by atoms with van der Waals surface area (Å²) in [6.07, 6.45) is 6.06. The van der Waals surface area contributed by atoms with Crippen LogP contribution in [0.2, 0.25) is 0 Å². The first kappa shape index (κ1) is 24.1. The van der Waals surface area contributed by atoms with Gasteiger partial charge in [0, 0.05) is 50.6 Å². The Kier molecular flexibility index (Phi) is 9.25. The Hall–Kier alpha value is -1.55. The number of guanidine groups is 1. The Morgan fingerprint density at radius 2 is 2.06 bits per heavy atom. The van der Waals surface area contributed by atoms with Gasteiger partial charge in [-0.2, -0.15) is 0 Å². The molecule has 170 valence electrons. The maximum absolute atomic E-state index is 6.08. The van der Waals surface area contributed by atoms with Gasteiger partial charge in [-0.25, -0.2) is 4.98 Å². The van der Waals surface area contributed by atoms with Crippen molar-refractivity contribution in [3.63, 3.8) is 0 Å². The van der Waals surface area contributed by atoms with Gasteiger partial charge in [0.1, 0.15) is 5.75 Å². The molecule has 6 nitrogen and oxygen atoms in total. The first-order valence-electron chi connectivity index (χ1n) is 11.1. The molecule has 0 bridgehead atoms. The van der Waals surface area contributed by atoms with Crippen LogP contribution in [-0.2, 0) is 13.0 Å². The van der Waals surface area contributed by atoms with Crippen molar-refractivity contribution in [3.05, 3.63) is 40.4 Å². The molecule has 4 rings (SSSR count). The number of nitrogens with one attached hydrogen (secondary N) is 2. The van der Waals surface area contributed by atoms with E-state index < -0.39 is 0 Å². The van der Waals surface area contributed by atoms with Crippen molar-refractivity contribution in [3.8, 4) is 5.75 Å². The number of aromatic nitrogens is 1. The summed E-state index contributed by atoms with van der Waals surface area (Å²) in [6, 6.07) is 6.42. The number of benzene rings is 1. The molecule has 0 atom stereocenters. The third kappa shape index (κ3) is 7.24. The molecule has 2 N–H and O–H groups in total. The molecular formula is C23H34IN5OS. The Balaban J connectivity index is 0.00000272. The van der Waals surface area contributed by atoms with E-state index in [1.807, 2.05) is 7.05 Å². The van der Waals surface area contributed by atoms with Crippen LogP contribution in [0, 0.1) is 12.8 Å². The average Bonchev–Trinajstić information content (AvgIpc) is 3.21. The van der Waals surface area contributed by atoms with Crippen LogP contribution >= 0.6 is 35.3 Å². The standard InChI is InChI=1S/C23H33N5OS.HI/c1-17-5-8-19(21(13-17)29-15-18-6-7-18)14-26-22(24-2)25-10-9-20-16-30-23(27-20)28-11-3-4-12-28;/h5,8,13,16,18H,3-4,6-7,9-12,14-15H2,1-2H3,(H2,24,25,26);1H. The third-order valence-corrected chi connectivity index (χ3v) is 6.60. The quantitative estimate of drug-likeness (QED) is 0.274. The van der Waals surface area contributed by atoms with Gasteiger partial charge in [0.25, 0.3) is 0 Å². The van der Waals surface area contributed by atoms with Crippen LogP contribution in [0.15, 0.2) is 28.6 Å². The molecule has 1 saturated heterocycles. The molecule has 31 heavy (non-hydrogen) atoms. The number of ether oxygens (including phenoxy) is 1. The Labute approximate surface area is 206 Å². The van der Waals surface area contributed by atoms with E-state index in [1.54, 1.807) is 11.3 Å². The van der Waals surface area contributed by atoms with Crippen molar-refractivity contribution in [2.24, 2.45) is 10.9 Å². The molecule has 2 aliphatic rings. The molecular weight excluding hydrogens is 521 g/mol. The highest BCUT2D eigenvalue weighted by atomic mass is 127. The SMILES string of the molecule is CN=C(NCCc1csc(N2CCCC2)n1)NCc1ccc(C)cc1OCC1CC1.I. The van der Waals surface area contributed by atoms with Crippen molar-refractivity contribution in [1.82, 2.24) is 15.6 Å². The summed E-state index contributed by atoms with van der Waals surface area (Å²) in [6.45, 7) is 6.73. The van der Waals surface area contributed by atoms with Gasteiger partial charge >= 0.3 is 0 Å². The van der Waals surface area contributed by atoms with Crippen molar-refractivity contribution >= 4 is 46.4 Å². The second-order valence-corrected chi connectivity index (χ2v) is 9.12. The highest BCUT2D eigenvalue weighted by Gasteiger charge is 2.22. The van der Waals surface area contributed by atoms with Crippen molar-refractivity contribution in [1.29, 1.82) is 0 Å². The number of halogens is 1. The zero-order valence-electron chi connectivity index (χ0n) is 18.5. The van der Waals surface area contributed by atoms with Gasteiger partial charge < -0.3 is 20.3 Å². The summed E-state index contributed by atoms with van der Waals surface area (Å²) in [5, 5.41) is 10.2. The molecule has 1 aliphatic carbocycles. The van der Waals surface area contributed by atoms with E-state index >= 15 is 0 Å². The summed E-state index contributed by atoms with van der Waals surface area (Å²) in [5.41, 5.74) is 3.54. The molecule has 1 aromatic carbocycles. The topological polar surface area (TPSA) is 61.8 Å². The lowest BCUT2D eigenvalue weighted by Gasteiger charge is -2.15. The minimum absolute atomic E-state index is 0. The minimum atomic E-state index is 0. The monoisotopic (exact) mass is 555 g/mol. The highest BCUT2D eigenvalue weighted by molar-refractivity contribution is 14.0. The first-order chi connectivity index (χ1) is 14.7. The van der Waals surface area contributed by atoms with E-state index in [2.05, 4.69) is 51.0 Å². The van der Waals surface area contributed by atoms with Crippen molar-refractivity contribution in [2.75, 3.05) is 38.2 Å². The normalized spacial score (nSPS) is 16.2. The summed E-state index contributed by atoms with van der Waals surface area (Å²) in [7, 11) is 1.81. The lowest BCUT2D eigenvalue weighted by Crippen LogP contribution is -2.38. The summed E-state index contributed by atoms with van der Waals surface area (Å²) < 4.78 is 6.08. The Bertz CT molecular complexity index is 861. The smallest absolute Gasteiger partial charge is 0.191 e. The summed E-state index contributed by atoms with van der Waals surface area (Å²) in [5.74, 6) is 2.54. The number of nitrogens with zero attached hydrogens (tertiary/aromatic N) is 3. The fourth-order valence-corrected chi connectivity index (χ4v) is 4.52. The van der Waals surface area contributed by atoms with Gasteiger partial charge in [-0.1, -0.05) is 12.1 Å². The van der Waals surface area contributed by atoms with E-state index in [9.17, 15) is 0 Å². The highest BCUT2D eigenvalue weighted by Crippen LogP contribution is 2.30. The number of aliphatic imine (C=N–C) groups is 1. The number of aryl methyl sites for hydroxylation is 1. The number of hydrogen-bond donors (Lipinski definition) is 2. The molecule has 0 radical (unpaired) electrons. The summed E-state index contributed by atoms with van der Waals surface area (Å²) in [4.78, 5) is 11.6. The molecule has 1 saturated carbocycles. The molecule has 0 spiro atoms. The van der Waals surface area contributed by atoms with Crippen molar-refractivity contribution in [2.45, 2.75) is 45.6 Å². The van der Waals surface area contributed by atoms with Gasteiger partial charge in [-0.15, -0.1) is 35.3 Å². The largest absolute Gasteiger partial charge is 0.493 e. The average molecular weight is 556 g/mol. The fraction of sp³-hybridized carbons (Fsp3) is 0.565. The first-order valence-corrected chi connectivity index (χ1v) is 12.0. The molecule has 0 amide bonds. The van der Waals surface area contributed by atoms with Gasteiger partial charge in [-0.05, 0) is 50.2 Å². The van der Waals surface area contributed by atoms with E-state index in [1.165, 1.54) is 41.9 Å². The zero-order valence-corrected chi connectivity index (χ0v) is 21.7. The van der Waals surface area contributed by atoms with Crippen LogP contribution in [0.4, 0.5) is 5.13 Å². The second kappa shape index (κ2) is 11.9. The van der Waals surface area contributed by atoms with Crippen LogP contribution in [0.5, 0.6) is 5.75 Å².